The summed E-state index contributed by atoms with van der Waals surface area (Å²) in [5.74, 6) is 2.97. The minimum atomic E-state index is 0.249. The molecule has 1 fully saturated rings. The van der Waals surface area contributed by atoms with Crippen LogP contribution in [0.4, 0.5) is 0 Å². The zero-order valence-corrected chi connectivity index (χ0v) is 17.0. The Balaban J connectivity index is 1.45. The molecule has 0 unspecified atom stereocenters. The van der Waals surface area contributed by atoms with Gasteiger partial charge in [-0.15, -0.1) is 21.5 Å². The van der Waals surface area contributed by atoms with Crippen molar-refractivity contribution in [3.05, 3.63) is 34.0 Å². The van der Waals surface area contributed by atoms with Crippen molar-refractivity contribution in [1.82, 2.24) is 25.4 Å². The standard InChI is InChI=1S/C20H30N6S/c1-2-21-19(22-14-18-25-24-17-9-6-12-26(17)18)23-15-20(10-4-3-5-11-20)16-8-7-13-27-16/h7-8,13H,2-6,9-12,14-15H2,1H3,(H2,21,22,23). The molecule has 0 atom stereocenters. The molecule has 2 aromatic rings. The van der Waals surface area contributed by atoms with E-state index < -0.39 is 0 Å². The van der Waals surface area contributed by atoms with E-state index in [-0.39, 0.29) is 5.41 Å². The first kappa shape index (κ1) is 18.5. The Morgan fingerprint density at radius 1 is 1.22 bits per heavy atom. The van der Waals surface area contributed by atoms with Crippen LogP contribution in [0.2, 0.25) is 0 Å². The van der Waals surface area contributed by atoms with Crippen LogP contribution in [0.3, 0.4) is 0 Å². The fourth-order valence-electron chi connectivity index (χ4n) is 4.39. The lowest BCUT2D eigenvalue weighted by Gasteiger charge is -2.37. The van der Waals surface area contributed by atoms with Gasteiger partial charge in [-0.2, -0.15) is 0 Å². The molecular weight excluding hydrogens is 356 g/mol. The number of guanidine groups is 1. The lowest BCUT2D eigenvalue weighted by atomic mass is 9.73. The molecule has 2 aromatic heterocycles. The first-order valence-electron chi connectivity index (χ1n) is 10.3. The van der Waals surface area contributed by atoms with Crippen LogP contribution >= 0.6 is 11.3 Å². The SMILES string of the molecule is CCNC(=NCc1nnc2n1CCC2)NCC1(c2cccs2)CCCCC1. The van der Waals surface area contributed by atoms with Crippen molar-refractivity contribution in [3.8, 4) is 0 Å². The van der Waals surface area contributed by atoms with Crippen LogP contribution in [0.25, 0.3) is 0 Å². The lowest BCUT2D eigenvalue weighted by molar-refractivity contribution is 0.296. The fourth-order valence-corrected chi connectivity index (χ4v) is 5.38. The van der Waals surface area contributed by atoms with Gasteiger partial charge in [-0.05, 0) is 37.6 Å². The van der Waals surface area contributed by atoms with Crippen LogP contribution in [0.1, 0.15) is 62.0 Å². The number of hydrogen-bond acceptors (Lipinski definition) is 4. The molecule has 0 bridgehead atoms. The van der Waals surface area contributed by atoms with E-state index in [1.165, 1.54) is 43.4 Å². The second-order valence-corrected chi connectivity index (χ2v) is 8.60. The summed E-state index contributed by atoms with van der Waals surface area (Å²) in [6, 6.07) is 4.49. The summed E-state index contributed by atoms with van der Waals surface area (Å²) < 4.78 is 2.22. The van der Waals surface area contributed by atoms with Crippen LogP contribution in [0.5, 0.6) is 0 Å². The number of aryl methyl sites for hydroxylation is 1. The van der Waals surface area contributed by atoms with Gasteiger partial charge in [-0.3, -0.25) is 0 Å². The molecule has 0 radical (unpaired) electrons. The molecule has 1 saturated carbocycles. The van der Waals surface area contributed by atoms with Crippen molar-refractivity contribution in [2.24, 2.45) is 4.99 Å². The third-order valence-corrected chi connectivity index (χ3v) is 6.97. The van der Waals surface area contributed by atoms with Crippen molar-refractivity contribution < 1.29 is 0 Å². The topological polar surface area (TPSA) is 67.1 Å². The number of nitrogens with one attached hydrogen (secondary N) is 2. The van der Waals surface area contributed by atoms with Gasteiger partial charge in [0.25, 0.3) is 0 Å². The lowest BCUT2D eigenvalue weighted by Crippen LogP contribution is -2.46. The molecule has 4 rings (SSSR count). The molecule has 1 aliphatic heterocycles. The Morgan fingerprint density at radius 2 is 2.11 bits per heavy atom. The molecule has 0 spiro atoms. The summed E-state index contributed by atoms with van der Waals surface area (Å²) in [5.41, 5.74) is 0.249. The van der Waals surface area contributed by atoms with E-state index in [1.54, 1.807) is 0 Å². The van der Waals surface area contributed by atoms with E-state index in [2.05, 4.69) is 49.8 Å². The molecule has 3 heterocycles. The highest BCUT2D eigenvalue weighted by molar-refractivity contribution is 7.10. The van der Waals surface area contributed by atoms with Gasteiger partial charge < -0.3 is 15.2 Å². The summed E-state index contributed by atoms with van der Waals surface area (Å²) in [6.45, 7) is 5.52. The highest BCUT2D eigenvalue weighted by atomic mass is 32.1. The monoisotopic (exact) mass is 386 g/mol. The maximum absolute atomic E-state index is 4.80. The minimum Gasteiger partial charge on any atom is -0.357 e. The summed E-state index contributed by atoms with van der Waals surface area (Å²) in [5, 5.41) is 17.9. The zero-order valence-electron chi connectivity index (χ0n) is 16.2. The van der Waals surface area contributed by atoms with Crippen molar-refractivity contribution in [2.75, 3.05) is 13.1 Å². The van der Waals surface area contributed by atoms with Crippen LogP contribution in [0.15, 0.2) is 22.5 Å². The van der Waals surface area contributed by atoms with E-state index in [1.807, 2.05) is 11.3 Å². The highest BCUT2D eigenvalue weighted by Gasteiger charge is 2.34. The summed E-state index contributed by atoms with van der Waals surface area (Å²) in [7, 11) is 0. The predicted molar refractivity (Wildman–Crippen MR) is 110 cm³/mol. The first-order valence-corrected chi connectivity index (χ1v) is 11.2. The molecule has 1 aliphatic carbocycles. The van der Waals surface area contributed by atoms with Crippen molar-refractivity contribution >= 4 is 17.3 Å². The second kappa shape index (κ2) is 8.42. The summed E-state index contributed by atoms with van der Waals surface area (Å²) in [6.07, 6.45) is 8.73. The molecule has 2 N–H and O–H groups in total. The van der Waals surface area contributed by atoms with Gasteiger partial charge in [-0.25, -0.2) is 4.99 Å². The van der Waals surface area contributed by atoms with Gasteiger partial charge in [0.2, 0.25) is 0 Å². The Hall–Kier alpha value is -1.89. The van der Waals surface area contributed by atoms with Crippen molar-refractivity contribution in [2.45, 2.75) is 70.4 Å². The number of rotatable bonds is 6. The van der Waals surface area contributed by atoms with Gasteiger partial charge in [0, 0.05) is 36.3 Å². The molecule has 7 heteroatoms. The van der Waals surface area contributed by atoms with Crippen LogP contribution in [-0.4, -0.2) is 33.8 Å². The Morgan fingerprint density at radius 3 is 2.89 bits per heavy atom. The zero-order chi connectivity index (χ0) is 18.5. The van der Waals surface area contributed by atoms with Gasteiger partial charge in [0.15, 0.2) is 11.8 Å². The number of thiophene rings is 1. The highest BCUT2D eigenvalue weighted by Crippen LogP contribution is 2.41. The van der Waals surface area contributed by atoms with E-state index >= 15 is 0 Å². The van der Waals surface area contributed by atoms with Crippen LogP contribution in [0, 0.1) is 0 Å². The quantitative estimate of drug-likeness (QED) is 0.591. The normalized spacial score (nSPS) is 19.1. The second-order valence-electron chi connectivity index (χ2n) is 7.65. The summed E-state index contributed by atoms with van der Waals surface area (Å²) in [4.78, 5) is 6.32. The Labute approximate surface area is 165 Å². The minimum absolute atomic E-state index is 0.249. The maximum Gasteiger partial charge on any atom is 0.191 e. The molecule has 0 saturated heterocycles. The third kappa shape index (κ3) is 4.03. The molecule has 0 aromatic carbocycles. The van der Waals surface area contributed by atoms with E-state index in [4.69, 9.17) is 4.99 Å². The molecule has 27 heavy (non-hydrogen) atoms. The number of hydrogen-bond donors (Lipinski definition) is 2. The number of aliphatic imine (C=N–C) groups is 1. The largest absolute Gasteiger partial charge is 0.357 e. The molecular formula is C20H30N6S. The molecule has 0 amide bonds. The third-order valence-electron chi connectivity index (χ3n) is 5.86. The molecule has 146 valence electrons. The van der Waals surface area contributed by atoms with Gasteiger partial charge in [-0.1, -0.05) is 25.3 Å². The average Bonchev–Trinajstić information content (AvgIpc) is 3.44. The molecule has 6 nitrogen and oxygen atoms in total. The van der Waals surface area contributed by atoms with E-state index in [0.717, 1.165) is 43.7 Å². The maximum atomic E-state index is 4.80. The Kier molecular flexibility index (Phi) is 5.76. The fraction of sp³-hybridized carbons (Fsp3) is 0.650. The van der Waals surface area contributed by atoms with Gasteiger partial charge in [0.05, 0.1) is 0 Å². The average molecular weight is 387 g/mol. The van der Waals surface area contributed by atoms with Crippen LogP contribution < -0.4 is 10.6 Å². The van der Waals surface area contributed by atoms with Crippen molar-refractivity contribution in [3.63, 3.8) is 0 Å². The van der Waals surface area contributed by atoms with Gasteiger partial charge >= 0.3 is 0 Å². The summed E-state index contributed by atoms with van der Waals surface area (Å²) >= 11 is 1.90. The smallest absolute Gasteiger partial charge is 0.191 e. The first-order chi connectivity index (χ1) is 13.3. The van der Waals surface area contributed by atoms with E-state index in [0.29, 0.717) is 6.54 Å². The Bertz CT molecular complexity index is 758. The predicted octanol–water partition coefficient (Wildman–Crippen LogP) is 3.24. The number of fused-ring (bicyclic) bond motifs is 1. The van der Waals surface area contributed by atoms with E-state index in [9.17, 15) is 0 Å². The van der Waals surface area contributed by atoms with Crippen LogP contribution in [-0.2, 0) is 24.9 Å². The molecule has 2 aliphatic rings. The van der Waals surface area contributed by atoms with Gasteiger partial charge in [0.1, 0.15) is 12.4 Å². The number of nitrogens with zero attached hydrogens (tertiary/aromatic N) is 4. The number of aromatic nitrogens is 3. The van der Waals surface area contributed by atoms with Crippen molar-refractivity contribution in [1.29, 1.82) is 0 Å².